The van der Waals surface area contributed by atoms with Crippen LogP contribution >= 0.6 is 11.6 Å². The average molecular weight is 577 g/mol. The van der Waals surface area contributed by atoms with Crippen molar-refractivity contribution in [2.75, 3.05) is 4.90 Å². The van der Waals surface area contributed by atoms with Gasteiger partial charge in [0.2, 0.25) is 17.6 Å². The molecular formula is C34H25ClN2O5. The molecule has 42 heavy (non-hydrogen) atoms. The normalized spacial score (nSPS) is 23.0. The average Bonchev–Trinajstić information content (AvgIpc) is 3.70. The standard InChI is InChI=1S/C34H25ClN2O5/c1-18(31(38)20-8-12-23(35)13-9-20)42-34(41)26-17-28(36-27-5-3-2-4-25(26)27)19-10-14-24(15-11-19)37-32(39)29-21-6-7-22(16-21)30(29)33(37)40/h2-15,17-18,21-22,29-30H,16H2,1H3. The van der Waals surface area contributed by atoms with Gasteiger partial charge in [-0.1, -0.05) is 54.1 Å². The number of carbonyl (C=O) groups excluding carboxylic acids is 4. The number of nitrogens with zero attached hydrogens (tertiary/aromatic N) is 2. The Bertz CT molecular complexity index is 1780. The summed E-state index contributed by atoms with van der Waals surface area (Å²) in [6, 6.07) is 22.3. The maximum Gasteiger partial charge on any atom is 0.339 e. The van der Waals surface area contributed by atoms with Gasteiger partial charge in [-0.15, -0.1) is 0 Å². The maximum absolute atomic E-state index is 13.4. The SMILES string of the molecule is CC(OC(=O)c1cc(-c2ccc(N3C(=O)C4C5C=CC(C5)C4C3=O)cc2)nc2ccccc12)C(=O)c1ccc(Cl)cc1. The molecule has 2 amide bonds. The first-order valence-electron chi connectivity index (χ1n) is 13.9. The molecule has 7 rings (SSSR count). The van der Waals surface area contributed by atoms with Gasteiger partial charge < -0.3 is 4.74 Å². The lowest BCUT2D eigenvalue weighted by molar-refractivity contribution is -0.123. The molecule has 0 N–H and O–H groups in total. The number of imide groups is 1. The quantitative estimate of drug-likeness (QED) is 0.116. The van der Waals surface area contributed by atoms with Gasteiger partial charge in [-0.2, -0.15) is 0 Å². The molecule has 2 bridgehead atoms. The van der Waals surface area contributed by atoms with Crippen LogP contribution in [0.4, 0.5) is 5.69 Å². The third kappa shape index (κ3) is 4.23. The van der Waals surface area contributed by atoms with E-state index < -0.39 is 12.1 Å². The lowest BCUT2D eigenvalue weighted by Crippen LogP contribution is -2.32. The Morgan fingerprint density at radius 3 is 2.21 bits per heavy atom. The number of para-hydroxylation sites is 1. The van der Waals surface area contributed by atoms with E-state index in [-0.39, 0.29) is 46.8 Å². The minimum Gasteiger partial charge on any atom is -0.451 e. The topological polar surface area (TPSA) is 93.6 Å². The number of anilines is 1. The second kappa shape index (κ2) is 10.0. The molecule has 4 aromatic rings. The van der Waals surface area contributed by atoms with Gasteiger partial charge in [0.25, 0.3) is 0 Å². The van der Waals surface area contributed by atoms with Crippen LogP contribution in [0.5, 0.6) is 0 Å². The minimum absolute atomic E-state index is 0.134. The molecule has 1 saturated carbocycles. The van der Waals surface area contributed by atoms with Gasteiger partial charge in [-0.3, -0.25) is 19.3 Å². The van der Waals surface area contributed by atoms with E-state index in [9.17, 15) is 19.2 Å². The number of hydrogen-bond donors (Lipinski definition) is 0. The number of carbonyl (C=O) groups is 4. The van der Waals surface area contributed by atoms with Gasteiger partial charge in [0.05, 0.1) is 34.3 Å². The first-order chi connectivity index (χ1) is 20.3. The maximum atomic E-state index is 13.4. The van der Waals surface area contributed by atoms with Crippen molar-refractivity contribution < 1.29 is 23.9 Å². The second-order valence-electron chi connectivity index (χ2n) is 11.0. The Kier molecular flexibility index (Phi) is 6.28. The zero-order valence-electron chi connectivity index (χ0n) is 22.6. The molecule has 3 aromatic carbocycles. The van der Waals surface area contributed by atoms with E-state index in [1.165, 1.54) is 11.8 Å². The lowest BCUT2D eigenvalue weighted by atomic mass is 9.85. The van der Waals surface area contributed by atoms with Gasteiger partial charge >= 0.3 is 5.97 Å². The number of rotatable bonds is 6. The molecule has 1 aromatic heterocycles. The monoisotopic (exact) mass is 576 g/mol. The largest absolute Gasteiger partial charge is 0.451 e. The fraction of sp³-hybridized carbons (Fsp3) is 0.206. The predicted octanol–water partition coefficient (Wildman–Crippen LogP) is 6.29. The van der Waals surface area contributed by atoms with Gasteiger partial charge in [0, 0.05) is 21.5 Å². The zero-order chi connectivity index (χ0) is 29.1. The first-order valence-corrected chi connectivity index (χ1v) is 14.2. The molecule has 1 saturated heterocycles. The molecule has 2 heterocycles. The summed E-state index contributed by atoms with van der Waals surface area (Å²) in [5, 5.41) is 1.10. The van der Waals surface area contributed by atoms with Crippen LogP contribution in [0.25, 0.3) is 22.2 Å². The Balaban J connectivity index is 1.16. The van der Waals surface area contributed by atoms with Crippen LogP contribution < -0.4 is 4.90 Å². The molecule has 7 nitrogen and oxygen atoms in total. The number of amides is 2. The molecule has 5 atom stereocenters. The summed E-state index contributed by atoms with van der Waals surface area (Å²) in [5.74, 6) is -1.50. The highest BCUT2D eigenvalue weighted by Crippen LogP contribution is 2.53. The molecule has 5 unspecified atom stereocenters. The highest BCUT2D eigenvalue weighted by molar-refractivity contribution is 6.30. The zero-order valence-corrected chi connectivity index (χ0v) is 23.3. The van der Waals surface area contributed by atoms with E-state index in [0.29, 0.717) is 38.4 Å². The Morgan fingerprint density at radius 1 is 0.905 bits per heavy atom. The summed E-state index contributed by atoms with van der Waals surface area (Å²) in [6.45, 7) is 1.54. The van der Waals surface area contributed by atoms with Crippen molar-refractivity contribution in [3.63, 3.8) is 0 Å². The fourth-order valence-corrected chi connectivity index (χ4v) is 6.68. The molecule has 1 aliphatic heterocycles. The number of pyridine rings is 1. The van der Waals surface area contributed by atoms with E-state index >= 15 is 0 Å². The Hall–Kier alpha value is -4.62. The highest BCUT2D eigenvalue weighted by Gasteiger charge is 2.59. The minimum atomic E-state index is -1.02. The first kappa shape index (κ1) is 26.3. The van der Waals surface area contributed by atoms with Gasteiger partial charge in [-0.25, -0.2) is 9.78 Å². The smallest absolute Gasteiger partial charge is 0.339 e. The van der Waals surface area contributed by atoms with Crippen LogP contribution in [0.3, 0.4) is 0 Å². The van der Waals surface area contributed by atoms with Gasteiger partial charge in [0.1, 0.15) is 0 Å². The number of allylic oxidation sites excluding steroid dienone is 2. The van der Waals surface area contributed by atoms with E-state index in [0.717, 1.165) is 6.42 Å². The summed E-state index contributed by atoms with van der Waals surface area (Å²) in [6.07, 6.45) is 4.01. The Morgan fingerprint density at radius 2 is 1.55 bits per heavy atom. The van der Waals surface area contributed by atoms with E-state index in [1.807, 2.05) is 6.07 Å². The fourth-order valence-electron chi connectivity index (χ4n) is 6.56. The summed E-state index contributed by atoms with van der Waals surface area (Å²) < 4.78 is 5.61. The number of ether oxygens (including phenoxy) is 1. The third-order valence-electron chi connectivity index (χ3n) is 8.61. The molecule has 3 aliphatic rings. The van der Waals surface area contributed by atoms with Crippen molar-refractivity contribution in [2.45, 2.75) is 19.4 Å². The molecule has 8 heteroatoms. The van der Waals surface area contributed by atoms with Crippen molar-refractivity contribution in [1.82, 2.24) is 4.98 Å². The molecule has 2 fully saturated rings. The number of fused-ring (bicyclic) bond motifs is 6. The van der Waals surface area contributed by atoms with Crippen molar-refractivity contribution >= 4 is 51.8 Å². The van der Waals surface area contributed by atoms with Crippen LogP contribution in [0.2, 0.25) is 5.02 Å². The number of ketones is 1. The van der Waals surface area contributed by atoms with Crippen LogP contribution in [-0.4, -0.2) is 34.7 Å². The third-order valence-corrected chi connectivity index (χ3v) is 8.86. The van der Waals surface area contributed by atoms with E-state index in [2.05, 4.69) is 12.2 Å². The number of Topliss-reactive ketones (excluding diaryl/α,β-unsaturated/α-hetero) is 1. The molecule has 0 radical (unpaired) electrons. The summed E-state index contributed by atoms with van der Waals surface area (Å²) in [7, 11) is 0. The number of halogens is 1. The van der Waals surface area contributed by atoms with Crippen LogP contribution in [0.15, 0.2) is 91.0 Å². The van der Waals surface area contributed by atoms with Crippen molar-refractivity contribution in [3.8, 4) is 11.3 Å². The van der Waals surface area contributed by atoms with Gasteiger partial charge in [0.15, 0.2) is 6.10 Å². The highest BCUT2D eigenvalue weighted by atomic mass is 35.5. The van der Waals surface area contributed by atoms with Gasteiger partial charge in [-0.05, 0) is 73.7 Å². The summed E-state index contributed by atoms with van der Waals surface area (Å²) in [4.78, 5) is 58.8. The van der Waals surface area contributed by atoms with Crippen LogP contribution in [-0.2, 0) is 14.3 Å². The molecule has 2 aliphatic carbocycles. The van der Waals surface area contributed by atoms with E-state index in [4.69, 9.17) is 21.3 Å². The molecule has 208 valence electrons. The van der Waals surface area contributed by atoms with Crippen LogP contribution in [0.1, 0.15) is 34.1 Å². The Labute approximate surface area is 246 Å². The second-order valence-corrected chi connectivity index (χ2v) is 11.5. The number of benzene rings is 3. The summed E-state index contributed by atoms with van der Waals surface area (Å²) >= 11 is 5.93. The van der Waals surface area contributed by atoms with Crippen molar-refractivity contribution in [3.05, 3.63) is 107 Å². The predicted molar refractivity (Wildman–Crippen MR) is 158 cm³/mol. The molecular weight excluding hydrogens is 552 g/mol. The number of esters is 1. The van der Waals surface area contributed by atoms with Crippen LogP contribution in [0, 0.1) is 23.7 Å². The van der Waals surface area contributed by atoms with Crippen molar-refractivity contribution in [1.29, 1.82) is 0 Å². The number of hydrogen-bond acceptors (Lipinski definition) is 6. The number of aromatic nitrogens is 1. The molecule has 0 spiro atoms. The summed E-state index contributed by atoms with van der Waals surface area (Å²) in [5.41, 5.74) is 2.99. The van der Waals surface area contributed by atoms with Crippen molar-refractivity contribution in [2.24, 2.45) is 23.7 Å². The lowest BCUT2D eigenvalue weighted by Gasteiger charge is -2.18. The van der Waals surface area contributed by atoms with E-state index in [1.54, 1.807) is 72.8 Å².